The number of halogens is 2. The second kappa shape index (κ2) is 10.3. The Morgan fingerprint density at radius 1 is 1.09 bits per heavy atom. The number of hydrogen-bond donors (Lipinski definition) is 3. The Bertz CT molecular complexity index is 988. The highest BCUT2D eigenvalue weighted by molar-refractivity contribution is 6.30. The van der Waals surface area contributed by atoms with E-state index < -0.39 is 23.1 Å². The summed E-state index contributed by atoms with van der Waals surface area (Å²) in [7, 11) is 1.64. The summed E-state index contributed by atoms with van der Waals surface area (Å²) >= 11 is 5.70. The van der Waals surface area contributed by atoms with E-state index in [1.807, 2.05) is 29.2 Å². The number of methoxy groups -OCH3 is 1. The molecule has 2 heterocycles. The predicted molar refractivity (Wildman–Crippen MR) is 128 cm³/mol. The summed E-state index contributed by atoms with van der Waals surface area (Å²) < 4.78 is 24.6. The van der Waals surface area contributed by atoms with Crippen molar-refractivity contribution in [3.05, 3.63) is 53.3 Å². The van der Waals surface area contributed by atoms with Gasteiger partial charge >= 0.3 is 0 Å². The van der Waals surface area contributed by atoms with Gasteiger partial charge in [-0.15, -0.1) is 0 Å². The average molecular weight is 495 g/mol. The van der Waals surface area contributed by atoms with Gasteiger partial charge in [-0.2, -0.15) is 0 Å². The van der Waals surface area contributed by atoms with Crippen LogP contribution in [0.3, 0.4) is 0 Å². The molecule has 0 spiro atoms. The van der Waals surface area contributed by atoms with E-state index in [0.717, 1.165) is 17.5 Å². The smallest absolute Gasteiger partial charge is 0.145 e. The van der Waals surface area contributed by atoms with E-state index >= 15 is 0 Å². The molecule has 186 valence electrons. The minimum absolute atomic E-state index is 0.0133. The van der Waals surface area contributed by atoms with Crippen LogP contribution in [0.4, 0.5) is 10.1 Å². The Balaban J connectivity index is 1.33. The summed E-state index contributed by atoms with van der Waals surface area (Å²) in [4.78, 5) is 4.20. The van der Waals surface area contributed by atoms with Crippen LogP contribution in [-0.2, 0) is 0 Å². The van der Waals surface area contributed by atoms with Crippen LogP contribution in [0.1, 0.15) is 19.3 Å². The Morgan fingerprint density at radius 3 is 2.56 bits per heavy atom. The lowest BCUT2D eigenvalue weighted by molar-refractivity contribution is -0.149. The van der Waals surface area contributed by atoms with Crippen LogP contribution >= 0.6 is 11.6 Å². The summed E-state index contributed by atoms with van der Waals surface area (Å²) in [5.74, 6) is 0.413. The normalized spacial score (nSPS) is 25.2. The monoisotopic (exact) mass is 494 g/mol. The second-order valence-electron chi connectivity index (χ2n) is 9.40. The topological polar surface area (TPSA) is 85.6 Å². The molecule has 2 fully saturated rings. The number of benzene rings is 2. The summed E-state index contributed by atoms with van der Waals surface area (Å²) in [6, 6.07) is 11.9. The van der Waals surface area contributed by atoms with E-state index in [0.29, 0.717) is 45.4 Å². The zero-order valence-corrected chi connectivity index (χ0v) is 20.0. The molecule has 2 aliphatic heterocycles. The fourth-order valence-corrected chi connectivity index (χ4v) is 4.88. The van der Waals surface area contributed by atoms with E-state index in [9.17, 15) is 19.7 Å². The highest BCUT2D eigenvalue weighted by Crippen LogP contribution is 2.31. The van der Waals surface area contributed by atoms with E-state index in [-0.39, 0.29) is 23.9 Å². The Labute approximate surface area is 204 Å². The Kier molecular flexibility index (Phi) is 7.54. The summed E-state index contributed by atoms with van der Waals surface area (Å²) in [5.41, 5.74) is -1.36. The molecule has 0 unspecified atom stereocenters. The van der Waals surface area contributed by atoms with Crippen LogP contribution in [0, 0.1) is 5.82 Å². The molecule has 0 aliphatic carbocycles. The molecule has 2 atom stereocenters. The lowest BCUT2D eigenvalue weighted by Gasteiger charge is -2.46. The SMILES string of the molecule is COc1cccc(N2CCC(O)(CN3CC[C@H](O)[C@@](O)(COc4ccc(Cl)c(F)c4)C3)CC2)c1. The number of hydrogen-bond acceptors (Lipinski definition) is 7. The average Bonchev–Trinajstić information content (AvgIpc) is 2.83. The van der Waals surface area contributed by atoms with Crippen LogP contribution in [0.2, 0.25) is 5.02 Å². The van der Waals surface area contributed by atoms with Crippen molar-refractivity contribution in [3.63, 3.8) is 0 Å². The minimum Gasteiger partial charge on any atom is -0.497 e. The number of β-amino-alcohol motifs (C(OH)–C–C–N with tert-alkyl or cyclic N) is 2. The van der Waals surface area contributed by atoms with E-state index in [4.69, 9.17) is 21.1 Å². The molecule has 0 bridgehead atoms. The number of aliphatic hydroxyl groups excluding tert-OH is 1. The van der Waals surface area contributed by atoms with Crippen molar-refractivity contribution in [2.75, 3.05) is 51.3 Å². The fourth-order valence-electron chi connectivity index (χ4n) is 4.76. The highest BCUT2D eigenvalue weighted by atomic mass is 35.5. The summed E-state index contributed by atoms with van der Waals surface area (Å²) in [6.07, 6.45) is 0.538. The number of piperidine rings is 2. The zero-order chi connectivity index (χ0) is 24.3. The number of ether oxygens (including phenoxy) is 2. The van der Waals surface area contributed by atoms with Gasteiger partial charge in [0, 0.05) is 50.5 Å². The third-order valence-corrected chi connectivity index (χ3v) is 7.15. The van der Waals surface area contributed by atoms with Crippen LogP contribution < -0.4 is 14.4 Å². The van der Waals surface area contributed by atoms with E-state index in [2.05, 4.69) is 4.90 Å². The van der Waals surface area contributed by atoms with Crippen molar-refractivity contribution >= 4 is 17.3 Å². The van der Waals surface area contributed by atoms with E-state index in [1.165, 1.54) is 12.1 Å². The molecular formula is C25H32ClFN2O5. The number of nitrogens with zero attached hydrogens (tertiary/aromatic N) is 2. The number of aliphatic hydroxyl groups is 3. The number of rotatable bonds is 7. The molecule has 7 nitrogen and oxygen atoms in total. The van der Waals surface area contributed by atoms with Gasteiger partial charge in [-0.3, -0.25) is 4.90 Å². The molecule has 2 aromatic rings. The predicted octanol–water partition coefficient (Wildman–Crippen LogP) is 2.70. The van der Waals surface area contributed by atoms with Gasteiger partial charge in [0.1, 0.15) is 29.5 Å². The van der Waals surface area contributed by atoms with Crippen LogP contribution in [0.15, 0.2) is 42.5 Å². The van der Waals surface area contributed by atoms with Crippen LogP contribution in [0.5, 0.6) is 11.5 Å². The fraction of sp³-hybridized carbons (Fsp3) is 0.520. The van der Waals surface area contributed by atoms with Gasteiger partial charge in [0.15, 0.2) is 0 Å². The van der Waals surface area contributed by atoms with E-state index in [1.54, 1.807) is 7.11 Å². The molecule has 0 radical (unpaired) electrons. The van der Waals surface area contributed by atoms with Crippen LogP contribution in [0.25, 0.3) is 0 Å². The molecule has 2 aromatic carbocycles. The van der Waals surface area contributed by atoms with Gasteiger partial charge in [0.2, 0.25) is 0 Å². The van der Waals surface area contributed by atoms with Crippen molar-refractivity contribution in [3.8, 4) is 11.5 Å². The van der Waals surface area contributed by atoms with Crippen LogP contribution in [-0.4, -0.2) is 84.0 Å². The first-order valence-corrected chi connectivity index (χ1v) is 11.9. The standard InChI is InChI=1S/C25H32ClFN2O5/c1-33-19-4-2-3-18(13-19)29-11-8-24(31,9-12-29)15-28-10-7-23(30)25(32,16-28)17-34-20-5-6-21(26)22(27)14-20/h2-6,13-14,23,30-32H,7-12,15-17H2,1H3/t23-,25-/m0/s1. The first kappa shape index (κ1) is 25.0. The molecule has 0 saturated carbocycles. The molecule has 2 aliphatic rings. The molecule has 34 heavy (non-hydrogen) atoms. The van der Waals surface area contributed by atoms with Crippen molar-refractivity contribution < 1.29 is 29.2 Å². The molecule has 9 heteroatoms. The third kappa shape index (κ3) is 5.75. The molecule has 2 saturated heterocycles. The van der Waals surface area contributed by atoms with Crippen molar-refractivity contribution in [1.29, 1.82) is 0 Å². The van der Waals surface area contributed by atoms with Crippen molar-refractivity contribution in [2.24, 2.45) is 0 Å². The Morgan fingerprint density at radius 2 is 1.85 bits per heavy atom. The van der Waals surface area contributed by atoms with Gasteiger partial charge < -0.3 is 29.7 Å². The quantitative estimate of drug-likeness (QED) is 0.545. The maximum Gasteiger partial charge on any atom is 0.145 e. The largest absolute Gasteiger partial charge is 0.497 e. The molecule has 4 rings (SSSR count). The Hall–Kier alpha value is -2.10. The number of anilines is 1. The van der Waals surface area contributed by atoms with Crippen molar-refractivity contribution in [1.82, 2.24) is 4.90 Å². The number of likely N-dealkylation sites (tertiary alicyclic amines) is 1. The van der Waals surface area contributed by atoms with Crippen molar-refractivity contribution in [2.45, 2.75) is 36.6 Å². The van der Waals surface area contributed by atoms with Gasteiger partial charge in [-0.1, -0.05) is 17.7 Å². The van der Waals surface area contributed by atoms with Gasteiger partial charge in [0.25, 0.3) is 0 Å². The highest BCUT2D eigenvalue weighted by Gasteiger charge is 2.44. The van der Waals surface area contributed by atoms with Gasteiger partial charge in [-0.05, 0) is 43.5 Å². The maximum absolute atomic E-state index is 13.7. The van der Waals surface area contributed by atoms with Gasteiger partial charge in [-0.25, -0.2) is 4.39 Å². The summed E-state index contributed by atoms with van der Waals surface area (Å²) in [5, 5.41) is 32.8. The first-order chi connectivity index (χ1) is 16.2. The molecular weight excluding hydrogens is 463 g/mol. The van der Waals surface area contributed by atoms with Gasteiger partial charge in [0.05, 0.1) is 23.8 Å². The zero-order valence-electron chi connectivity index (χ0n) is 19.3. The minimum atomic E-state index is -1.54. The lowest BCUT2D eigenvalue weighted by Crippen LogP contribution is -2.62. The first-order valence-electron chi connectivity index (χ1n) is 11.5. The third-order valence-electron chi connectivity index (χ3n) is 6.85. The second-order valence-corrected chi connectivity index (χ2v) is 9.80. The lowest BCUT2D eigenvalue weighted by atomic mass is 9.86. The summed E-state index contributed by atoms with van der Waals surface area (Å²) in [6.45, 7) is 2.30. The molecule has 3 N–H and O–H groups in total. The molecule has 0 amide bonds. The molecule has 0 aromatic heterocycles. The maximum atomic E-state index is 13.7.